The van der Waals surface area contributed by atoms with E-state index in [0.717, 1.165) is 32.0 Å². The molecule has 4 nitrogen and oxygen atoms in total. The average Bonchev–Trinajstić information content (AvgIpc) is 2.38. The molecule has 3 rings (SSSR count). The van der Waals surface area contributed by atoms with Gasteiger partial charge < -0.3 is 10.2 Å². The van der Waals surface area contributed by atoms with Crippen molar-refractivity contribution in [3.8, 4) is 0 Å². The Balaban J connectivity index is 1.83. The third kappa shape index (κ3) is 1.86. The van der Waals surface area contributed by atoms with Crippen LogP contribution in [0.2, 0.25) is 0 Å². The van der Waals surface area contributed by atoms with Gasteiger partial charge in [0.25, 0.3) is 0 Å². The summed E-state index contributed by atoms with van der Waals surface area (Å²) in [5.74, 6) is 1.13. The largest absolute Gasteiger partial charge is 0.380 e. The van der Waals surface area contributed by atoms with E-state index in [1.807, 2.05) is 12.3 Å². The summed E-state index contributed by atoms with van der Waals surface area (Å²) < 4.78 is 0. The van der Waals surface area contributed by atoms with Crippen molar-refractivity contribution in [3.63, 3.8) is 0 Å². The minimum Gasteiger partial charge on any atom is -0.380 e. The standard InChI is InChI=1S/C13H20N4/c1-10(2)16-6-7-17-11(9-16)8-15-12-4-3-5-14-13(12)17/h3-5,10-11,15H,6-9H2,1-2H3/t11-/m0/s1. The van der Waals surface area contributed by atoms with Crippen LogP contribution in [0.5, 0.6) is 0 Å². The Bertz CT molecular complexity index is 404. The Kier molecular flexibility index (Phi) is 2.67. The molecule has 0 unspecified atom stereocenters. The van der Waals surface area contributed by atoms with Gasteiger partial charge in [-0.3, -0.25) is 4.90 Å². The van der Waals surface area contributed by atoms with Crippen molar-refractivity contribution in [3.05, 3.63) is 18.3 Å². The van der Waals surface area contributed by atoms with Gasteiger partial charge >= 0.3 is 0 Å². The van der Waals surface area contributed by atoms with E-state index in [9.17, 15) is 0 Å². The van der Waals surface area contributed by atoms with Gasteiger partial charge in [-0.15, -0.1) is 0 Å². The number of hydrogen-bond acceptors (Lipinski definition) is 4. The topological polar surface area (TPSA) is 31.4 Å². The third-order valence-corrected chi connectivity index (χ3v) is 3.83. The number of piperazine rings is 1. The van der Waals surface area contributed by atoms with E-state index in [2.05, 4.69) is 40.0 Å². The number of hydrogen-bond donors (Lipinski definition) is 1. The number of aromatic nitrogens is 1. The monoisotopic (exact) mass is 232 g/mol. The molecule has 1 aromatic heterocycles. The van der Waals surface area contributed by atoms with Gasteiger partial charge in [0.1, 0.15) is 0 Å². The molecule has 1 atom stereocenters. The minimum atomic E-state index is 0.563. The molecule has 17 heavy (non-hydrogen) atoms. The van der Waals surface area contributed by atoms with E-state index in [1.165, 1.54) is 5.69 Å². The highest BCUT2D eigenvalue weighted by Gasteiger charge is 2.32. The van der Waals surface area contributed by atoms with Crippen LogP contribution in [0.15, 0.2) is 18.3 Å². The lowest BCUT2D eigenvalue weighted by Gasteiger charge is -2.46. The lowest BCUT2D eigenvalue weighted by molar-refractivity contribution is 0.182. The smallest absolute Gasteiger partial charge is 0.152 e. The highest BCUT2D eigenvalue weighted by molar-refractivity contribution is 5.68. The second kappa shape index (κ2) is 4.18. The summed E-state index contributed by atoms with van der Waals surface area (Å²) in [7, 11) is 0. The lowest BCUT2D eigenvalue weighted by atomic mass is 10.1. The fraction of sp³-hybridized carbons (Fsp3) is 0.615. The summed E-state index contributed by atoms with van der Waals surface area (Å²) >= 11 is 0. The quantitative estimate of drug-likeness (QED) is 0.793. The van der Waals surface area contributed by atoms with Crippen LogP contribution in [0, 0.1) is 0 Å². The van der Waals surface area contributed by atoms with Gasteiger partial charge in [0.05, 0.1) is 11.7 Å². The second-order valence-electron chi connectivity index (χ2n) is 5.19. The van der Waals surface area contributed by atoms with Crippen LogP contribution >= 0.6 is 0 Å². The molecule has 0 bridgehead atoms. The Morgan fingerprint density at radius 1 is 1.41 bits per heavy atom. The lowest BCUT2D eigenvalue weighted by Crippen LogP contribution is -2.59. The first kappa shape index (κ1) is 10.8. The van der Waals surface area contributed by atoms with E-state index in [-0.39, 0.29) is 0 Å². The fourth-order valence-electron chi connectivity index (χ4n) is 2.79. The van der Waals surface area contributed by atoms with Gasteiger partial charge in [0.2, 0.25) is 0 Å². The van der Waals surface area contributed by atoms with Crippen LogP contribution in [-0.2, 0) is 0 Å². The number of fused-ring (bicyclic) bond motifs is 3. The Morgan fingerprint density at radius 3 is 3.12 bits per heavy atom. The number of nitrogens with one attached hydrogen (secondary N) is 1. The zero-order chi connectivity index (χ0) is 11.8. The van der Waals surface area contributed by atoms with Gasteiger partial charge in [-0.2, -0.15) is 0 Å². The molecule has 2 aliphatic rings. The van der Waals surface area contributed by atoms with Crippen LogP contribution in [0.4, 0.5) is 11.5 Å². The number of anilines is 2. The molecule has 92 valence electrons. The highest BCUT2D eigenvalue weighted by atomic mass is 15.3. The molecule has 1 saturated heterocycles. The first-order chi connectivity index (χ1) is 8.25. The van der Waals surface area contributed by atoms with Crippen molar-refractivity contribution in [2.75, 3.05) is 36.4 Å². The van der Waals surface area contributed by atoms with Crippen LogP contribution < -0.4 is 10.2 Å². The molecule has 1 aromatic rings. The van der Waals surface area contributed by atoms with Crippen molar-refractivity contribution in [2.45, 2.75) is 25.9 Å². The molecule has 0 saturated carbocycles. The third-order valence-electron chi connectivity index (χ3n) is 3.83. The molecule has 0 aliphatic carbocycles. The highest BCUT2D eigenvalue weighted by Crippen LogP contribution is 2.30. The predicted molar refractivity (Wildman–Crippen MR) is 70.6 cm³/mol. The average molecular weight is 232 g/mol. The molecular weight excluding hydrogens is 212 g/mol. The molecule has 3 heterocycles. The van der Waals surface area contributed by atoms with E-state index in [1.54, 1.807) is 0 Å². The zero-order valence-electron chi connectivity index (χ0n) is 10.6. The molecule has 0 spiro atoms. The van der Waals surface area contributed by atoms with Crippen molar-refractivity contribution in [1.82, 2.24) is 9.88 Å². The second-order valence-corrected chi connectivity index (χ2v) is 5.19. The first-order valence-electron chi connectivity index (χ1n) is 6.45. The molecule has 4 heteroatoms. The normalized spacial score (nSPS) is 24.2. The van der Waals surface area contributed by atoms with Gasteiger partial charge in [-0.05, 0) is 26.0 Å². The van der Waals surface area contributed by atoms with Crippen molar-refractivity contribution in [2.24, 2.45) is 0 Å². The fourth-order valence-corrected chi connectivity index (χ4v) is 2.79. The van der Waals surface area contributed by atoms with Gasteiger partial charge in [-0.1, -0.05) is 0 Å². The van der Waals surface area contributed by atoms with Crippen LogP contribution in [-0.4, -0.2) is 48.1 Å². The van der Waals surface area contributed by atoms with Crippen molar-refractivity contribution >= 4 is 11.5 Å². The zero-order valence-corrected chi connectivity index (χ0v) is 10.6. The first-order valence-corrected chi connectivity index (χ1v) is 6.45. The summed E-state index contributed by atoms with van der Waals surface area (Å²) in [5, 5.41) is 3.49. The maximum atomic E-state index is 4.52. The summed E-state index contributed by atoms with van der Waals surface area (Å²) in [6.45, 7) is 8.96. The summed E-state index contributed by atoms with van der Waals surface area (Å²) in [4.78, 5) is 9.53. The molecule has 0 aromatic carbocycles. The van der Waals surface area contributed by atoms with Crippen molar-refractivity contribution in [1.29, 1.82) is 0 Å². The van der Waals surface area contributed by atoms with Crippen LogP contribution in [0.25, 0.3) is 0 Å². The molecule has 0 amide bonds. The van der Waals surface area contributed by atoms with Crippen molar-refractivity contribution < 1.29 is 0 Å². The number of rotatable bonds is 1. The van der Waals surface area contributed by atoms with E-state index in [0.29, 0.717) is 12.1 Å². The molecule has 1 N–H and O–H groups in total. The molecule has 2 aliphatic heterocycles. The summed E-state index contributed by atoms with van der Waals surface area (Å²) in [5.41, 5.74) is 1.18. The van der Waals surface area contributed by atoms with Crippen LogP contribution in [0.3, 0.4) is 0 Å². The Morgan fingerprint density at radius 2 is 2.29 bits per heavy atom. The molecular formula is C13H20N4. The van der Waals surface area contributed by atoms with E-state index >= 15 is 0 Å². The number of nitrogens with zero attached hydrogens (tertiary/aromatic N) is 3. The SMILES string of the molecule is CC(C)N1CCN2c3ncccc3NC[C@H]2C1. The van der Waals surface area contributed by atoms with Gasteiger partial charge in [0, 0.05) is 38.4 Å². The Hall–Kier alpha value is -1.29. The molecule has 1 fully saturated rings. The predicted octanol–water partition coefficient (Wildman–Crippen LogP) is 1.41. The molecule has 0 radical (unpaired) electrons. The Labute approximate surface area is 103 Å². The summed E-state index contributed by atoms with van der Waals surface area (Å²) in [6.07, 6.45) is 1.89. The maximum absolute atomic E-state index is 4.52. The maximum Gasteiger partial charge on any atom is 0.152 e. The summed E-state index contributed by atoms with van der Waals surface area (Å²) in [6, 6.07) is 5.32. The van der Waals surface area contributed by atoms with Crippen LogP contribution in [0.1, 0.15) is 13.8 Å². The van der Waals surface area contributed by atoms with E-state index in [4.69, 9.17) is 0 Å². The van der Waals surface area contributed by atoms with E-state index < -0.39 is 0 Å². The van der Waals surface area contributed by atoms with Gasteiger partial charge in [0.15, 0.2) is 5.82 Å². The van der Waals surface area contributed by atoms with Gasteiger partial charge in [-0.25, -0.2) is 4.98 Å². The minimum absolute atomic E-state index is 0.563. The number of pyridine rings is 1.